The van der Waals surface area contributed by atoms with Crippen molar-refractivity contribution in [2.45, 2.75) is 33.4 Å². The van der Waals surface area contributed by atoms with Crippen LogP contribution in [0.1, 0.15) is 38.6 Å². The second-order valence-corrected chi connectivity index (χ2v) is 7.36. The molecule has 4 rings (SSSR count). The van der Waals surface area contributed by atoms with Crippen molar-refractivity contribution >= 4 is 11.9 Å². The minimum atomic E-state index is -0.477. The molecule has 0 spiro atoms. The van der Waals surface area contributed by atoms with Gasteiger partial charge in [-0.1, -0.05) is 24.3 Å². The van der Waals surface area contributed by atoms with Crippen molar-refractivity contribution in [1.29, 1.82) is 0 Å². The van der Waals surface area contributed by atoms with Gasteiger partial charge in [-0.15, -0.1) is 0 Å². The molecule has 0 fully saturated rings. The van der Waals surface area contributed by atoms with E-state index in [9.17, 15) is 9.59 Å². The molecule has 1 aromatic carbocycles. The van der Waals surface area contributed by atoms with E-state index < -0.39 is 5.97 Å². The van der Waals surface area contributed by atoms with Crippen LogP contribution in [-0.4, -0.2) is 34.5 Å². The highest BCUT2D eigenvalue weighted by Gasteiger charge is 2.23. The second-order valence-electron chi connectivity index (χ2n) is 7.36. The van der Waals surface area contributed by atoms with Crippen molar-refractivity contribution in [3.05, 3.63) is 82.6 Å². The zero-order valence-corrected chi connectivity index (χ0v) is 16.7. The van der Waals surface area contributed by atoms with Gasteiger partial charge in [0.05, 0.1) is 18.4 Å². The van der Waals surface area contributed by atoms with Gasteiger partial charge in [-0.25, -0.2) is 4.79 Å². The zero-order valence-electron chi connectivity index (χ0n) is 16.7. The molecule has 150 valence electrons. The van der Waals surface area contributed by atoms with E-state index in [1.807, 2.05) is 48.7 Å². The van der Waals surface area contributed by atoms with Gasteiger partial charge in [-0.3, -0.25) is 4.79 Å². The van der Waals surface area contributed by atoms with E-state index in [1.54, 1.807) is 17.2 Å². The Labute approximate surface area is 169 Å². The number of amides is 1. The lowest BCUT2D eigenvalue weighted by atomic mass is 10.00. The van der Waals surface area contributed by atoms with Crippen molar-refractivity contribution in [2.75, 3.05) is 13.2 Å². The van der Waals surface area contributed by atoms with Crippen LogP contribution in [-0.2, 0) is 29.0 Å². The Balaban J connectivity index is 1.38. The van der Waals surface area contributed by atoms with Crippen molar-refractivity contribution in [3.63, 3.8) is 0 Å². The van der Waals surface area contributed by atoms with Gasteiger partial charge in [0.1, 0.15) is 5.76 Å². The minimum Gasteiger partial charge on any atom is -0.467 e. The van der Waals surface area contributed by atoms with Gasteiger partial charge in [0, 0.05) is 24.5 Å². The Hall–Kier alpha value is -3.28. The predicted octanol–water partition coefficient (Wildman–Crippen LogP) is 3.49. The number of carbonyl (C=O) groups is 2. The van der Waals surface area contributed by atoms with E-state index in [0.29, 0.717) is 25.2 Å². The summed E-state index contributed by atoms with van der Waals surface area (Å²) in [5.41, 5.74) is 4.64. The number of furan rings is 1. The van der Waals surface area contributed by atoms with Crippen molar-refractivity contribution in [2.24, 2.45) is 0 Å². The number of hydrogen-bond acceptors (Lipinski definition) is 4. The van der Waals surface area contributed by atoms with Crippen molar-refractivity contribution < 1.29 is 18.7 Å². The third-order valence-corrected chi connectivity index (χ3v) is 5.50. The third-order valence-electron chi connectivity index (χ3n) is 5.50. The molecular weight excluding hydrogens is 368 g/mol. The molecule has 2 aromatic heterocycles. The molecule has 1 aliphatic heterocycles. The van der Waals surface area contributed by atoms with Gasteiger partial charge >= 0.3 is 5.97 Å². The molecule has 3 aromatic rings. The Morgan fingerprint density at radius 1 is 1.10 bits per heavy atom. The summed E-state index contributed by atoms with van der Waals surface area (Å²) < 4.78 is 12.7. The largest absolute Gasteiger partial charge is 0.467 e. The van der Waals surface area contributed by atoms with Gasteiger partial charge in [0.2, 0.25) is 0 Å². The first-order valence-electron chi connectivity index (χ1n) is 9.73. The summed E-state index contributed by atoms with van der Waals surface area (Å²) in [5.74, 6) is 0.166. The molecule has 0 radical (unpaired) electrons. The summed E-state index contributed by atoms with van der Waals surface area (Å²) in [6, 6.07) is 13.6. The predicted molar refractivity (Wildman–Crippen MR) is 108 cm³/mol. The van der Waals surface area contributed by atoms with E-state index in [-0.39, 0.29) is 12.5 Å². The number of fused-ring (bicyclic) bond motifs is 1. The molecule has 0 N–H and O–H groups in total. The minimum absolute atomic E-state index is 0.169. The number of aryl methyl sites for hydroxylation is 1. The van der Waals surface area contributed by atoms with Gasteiger partial charge in [0.25, 0.3) is 5.91 Å². The fourth-order valence-corrected chi connectivity index (χ4v) is 3.81. The number of nitrogens with zero attached hydrogens (tertiary/aromatic N) is 2. The van der Waals surface area contributed by atoms with Crippen LogP contribution in [0.3, 0.4) is 0 Å². The normalized spacial score (nSPS) is 13.2. The maximum Gasteiger partial charge on any atom is 0.340 e. The maximum absolute atomic E-state index is 12.6. The molecular formula is C23H24N2O4. The highest BCUT2D eigenvalue weighted by atomic mass is 16.5. The van der Waals surface area contributed by atoms with E-state index in [0.717, 1.165) is 29.1 Å². The summed E-state index contributed by atoms with van der Waals surface area (Å²) in [4.78, 5) is 26.9. The molecule has 0 aliphatic carbocycles. The van der Waals surface area contributed by atoms with Crippen LogP contribution in [0, 0.1) is 13.8 Å². The number of rotatable bonds is 5. The van der Waals surface area contributed by atoms with Crippen LogP contribution in [0.4, 0.5) is 0 Å². The second kappa shape index (κ2) is 7.99. The fourth-order valence-electron chi connectivity index (χ4n) is 3.81. The lowest BCUT2D eigenvalue weighted by Gasteiger charge is -2.28. The average Bonchev–Trinajstić information content (AvgIpc) is 3.35. The molecule has 0 atom stereocenters. The number of esters is 1. The van der Waals surface area contributed by atoms with Crippen molar-refractivity contribution in [3.8, 4) is 0 Å². The third kappa shape index (κ3) is 3.97. The lowest BCUT2D eigenvalue weighted by Crippen LogP contribution is -2.38. The fraction of sp³-hybridized carbons (Fsp3) is 0.304. The van der Waals surface area contributed by atoms with Gasteiger partial charge in [-0.05, 0) is 49.6 Å². The highest BCUT2D eigenvalue weighted by molar-refractivity contribution is 5.92. The van der Waals surface area contributed by atoms with E-state index in [1.165, 1.54) is 5.56 Å². The number of carbonyl (C=O) groups excluding carboxylic acids is 2. The molecule has 1 amide bonds. The van der Waals surface area contributed by atoms with Crippen LogP contribution < -0.4 is 0 Å². The van der Waals surface area contributed by atoms with Gasteiger partial charge < -0.3 is 18.6 Å². The first kappa shape index (κ1) is 19.1. The average molecular weight is 392 g/mol. The van der Waals surface area contributed by atoms with Crippen LogP contribution in [0.25, 0.3) is 0 Å². The summed E-state index contributed by atoms with van der Waals surface area (Å²) in [7, 11) is 0. The van der Waals surface area contributed by atoms with E-state index in [2.05, 4.69) is 6.07 Å². The maximum atomic E-state index is 12.6. The summed E-state index contributed by atoms with van der Waals surface area (Å²) >= 11 is 0. The standard InChI is InChI=1S/C23H24N2O4/c1-16-12-21(17(2)25(16)14-20-8-5-11-28-20)23(27)29-15-22(26)24-10-9-18-6-3-4-7-19(18)13-24/h3-8,11-12H,9-10,13-15H2,1-2H3. The molecule has 0 bridgehead atoms. The molecule has 6 nitrogen and oxygen atoms in total. The zero-order chi connectivity index (χ0) is 20.4. The Morgan fingerprint density at radius 3 is 2.66 bits per heavy atom. The number of aromatic nitrogens is 1. The molecule has 0 unspecified atom stereocenters. The summed E-state index contributed by atoms with van der Waals surface area (Å²) in [5, 5.41) is 0. The number of ether oxygens (including phenoxy) is 1. The number of benzene rings is 1. The summed E-state index contributed by atoms with van der Waals surface area (Å²) in [6.07, 6.45) is 2.45. The topological polar surface area (TPSA) is 64.7 Å². The monoisotopic (exact) mass is 392 g/mol. The van der Waals surface area contributed by atoms with Gasteiger partial charge in [0.15, 0.2) is 6.61 Å². The van der Waals surface area contributed by atoms with Crippen LogP contribution >= 0.6 is 0 Å². The first-order chi connectivity index (χ1) is 14.0. The quantitative estimate of drug-likeness (QED) is 0.624. The molecule has 0 saturated carbocycles. The molecule has 6 heteroatoms. The van der Waals surface area contributed by atoms with E-state index in [4.69, 9.17) is 9.15 Å². The van der Waals surface area contributed by atoms with E-state index >= 15 is 0 Å². The Kier molecular flexibility index (Phi) is 5.25. The summed E-state index contributed by atoms with van der Waals surface area (Å²) in [6.45, 7) is 5.31. The smallest absolute Gasteiger partial charge is 0.340 e. The van der Waals surface area contributed by atoms with Crippen LogP contribution in [0.15, 0.2) is 53.1 Å². The van der Waals surface area contributed by atoms with Gasteiger partial charge in [-0.2, -0.15) is 0 Å². The Bertz CT molecular complexity index is 1030. The van der Waals surface area contributed by atoms with Crippen molar-refractivity contribution in [1.82, 2.24) is 9.47 Å². The molecule has 3 heterocycles. The van der Waals surface area contributed by atoms with Crippen LogP contribution in [0.2, 0.25) is 0 Å². The molecule has 29 heavy (non-hydrogen) atoms. The molecule has 1 aliphatic rings. The number of hydrogen-bond donors (Lipinski definition) is 0. The SMILES string of the molecule is Cc1cc(C(=O)OCC(=O)N2CCc3ccccc3C2)c(C)n1Cc1ccco1. The lowest BCUT2D eigenvalue weighted by molar-refractivity contribution is -0.135. The van der Waals surface area contributed by atoms with Crippen LogP contribution in [0.5, 0.6) is 0 Å². The highest BCUT2D eigenvalue weighted by Crippen LogP contribution is 2.20. The molecule has 0 saturated heterocycles. The first-order valence-corrected chi connectivity index (χ1v) is 9.73. The Morgan fingerprint density at radius 2 is 1.90 bits per heavy atom.